The summed E-state index contributed by atoms with van der Waals surface area (Å²) < 4.78 is 22.0. The second-order valence-electron chi connectivity index (χ2n) is 8.75. The summed E-state index contributed by atoms with van der Waals surface area (Å²) in [4.78, 5) is 29.2. The normalized spacial score (nSPS) is 14.2. The molecule has 1 aliphatic carbocycles. The first-order valence-corrected chi connectivity index (χ1v) is 12.0. The van der Waals surface area contributed by atoms with E-state index >= 15 is 0 Å². The van der Waals surface area contributed by atoms with Gasteiger partial charge in [-0.2, -0.15) is 0 Å². The molecule has 4 rings (SSSR count). The smallest absolute Gasteiger partial charge is 0.290 e. The quantitative estimate of drug-likeness (QED) is 0.439. The Labute approximate surface area is 211 Å². The van der Waals surface area contributed by atoms with Gasteiger partial charge in [-0.25, -0.2) is 0 Å². The number of carbonyl (C=O) groups excluding carboxylic acids is 2. The van der Waals surface area contributed by atoms with E-state index in [1.165, 1.54) is 32.5 Å². The third kappa shape index (κ3) is 5.48. The van der Waals surface area contributed by atoms with Crippen molar-refractivity contribution in [3.05, 3.63) is 77.7 Å². The second-order valence-corrected chi connectivity index (χ2v) is 8.75. The maximum atomic E-state index is 13.9. The number of hydrogen-bond acceptors (Lipinski definition) is 6. The molecule has 0 aliphatic heterocycles. The minimum Gasteiger partial charge on any atom is -0.493 e. The van der Waals surface area contributed by atoms with Gasteiger partial charge in [-0.1, -0.05) is 43.2 Å². The monoisotopic (exact) mass is 492 g/mol. The fourth-order valence-corrected chi connectivity index (χ4v) is 4.68. The van der Waals surface area contributed by atoms with E-state index in [0.29, 0.717) is 22.8 Å². The maximum absolute atomic E-state index is 13.9. The molecule has 2 amide bonds. The van der Waals surface area contributed by atoms with Crippen molar-refractivity contribution in [3.8, 4) is 17.2 Å². The number of amides is 2. The molecule has 1 heterocycles. The fraction of sp³-hybridized carbons (Fsp3) is 0.357. The van der Waals surface area contributed by atoms with Crippen LogP contribution in [0.5, 0.6) is 17.2 Å². The number of furan rings is 1. The molecule has 1 atom stereocenters. The Balaban J connectivity index is 1.83. The second kappa shape index (κ2) is 11.7. The largest absolute Gasteiger partial charge is 0.493 e. The minimum absolute atomic E-state index is 0.0688. The number of ether oxygens (including phenoxy) is 3. The summed E-state index contributed by atoms with van der Waals surface area (Å²) in [6.07, 6.45) is 5.41. The lowest BCUT2D eigenvalue weighted by molar-refractivity contribution is -0.126. The summed E-state index contributed by atoms with van der Waals surface area (Å²) in [6, 6.07) is 15.3. The molecule has 3 aromatic rings. The van der Waals surface area contributed by atoms with Gasteiger partial charge in [-0.3, -0.25) is 9.59 Å². The van der Waals surface area contributed by atoms with E-state index in [-0.39, 0.29) is 24.3 Å². The maximum Gasteiger partial charge on any atom is 0.290 e. The Kier molecular flexibility index (Phi) is 8.15. The molecular weight excluding hydrogens is 460 g/mol. The van der Waals surface area contributed by atoms with Gasteiger partial charge in [0.25, 0.3) is 5.91 Å². The van der Waals surface area contributed by atoms with Crippen LogP contribution < -0.4 is 19.5 Å². The molecular formula is C28H32N2O6. The fourth-order valence-electron chi connectivity index (χ4n) is 4.68. The van der Waals surface area contributed by atoms with Crippen LogP contribution in [-0.2, 0) is 11.3 Å². The highest BCUT2D eigenvalue weighted by Crippen LogP contribution is 2.41. The number of carbonyl (C=O) groups is 2. The van der Waals surface area contributed by atoms with Crippen LogP contribution in [0.15, 0.2) is 65.3 Å². The highest BCUT2D eigenvalue weighted by Gasteiger charge is 2.36. The van der Waals surface area contributed by atoms with Crippen LogP contribution in [0.1, 0.15) is 53.4 Å². The Bertz CT molecular complexity index is 1130. The molecule has 1 N–H and O–H groups in total. The lowest BCUT2D eigenvalue weighted by Crippen LogP contribution is -2.45. The Morgan fingerprint density at radius 2 is 1.64 bits per heavy atom. The summed E-state index contributed by atoms with van der Waals surface area (Å²) in [7, 11) is 4.56. The Morgan fingerprint density at radius 1 is 0.972 bits per heavy atom. The number of nitrogens with zero attached hydrogens (tertiary/aromatic N) is 1. The lowest BCUT2D eigenvalue weighted by atomic mass is 10.0. The third-order valence-corrected chi connectivity index (χ3v) is 6.45. The van der Waals surface area contributed by atoms with Gasteiger partial charge >= 0.3 is 0 Å². The van der Waals surface area contributed by atoms with E-state index in [1.54, 1.807) is 24.3 Å². The zero-order chi connectivity index (χ0) is 25.5. The molecule has 1 aromatic heterocycles. The molecule has 190 valence electrons. The van der Waals surface area contributed by atoms with Crippen molar-refractivity contribution in [2.75, 3.05) is 21.3 Å². The molecule has 0 spiro atoms. The first-order chi connectivity index (χ1) is 17.5. The summed E-state index contributed by atoms with van der Waals surface area (Å²) in [5, 5.41) is 3.17. The SMILES string of the molecule is COc1cc(C(C(=O)NC2CCCC2)N(Cc2ccccc2)C(=O)c2ccco2)cc(OC)c1OC. The zero-order valence-corrected chi connectivity index (χ0v) is 20.9. The van der Waals surface area contributed by atoms with Crippen LogP contribution >= 0.6 is 0 Å². The summed E-state index contributed by atoms with van der Waals surface area (Å²) >= 11 is 0. The van der Waals surface area contributed by atoms with Crippen molar-refractivity contribution in [1.29, 1.82) is 0 Å². The van der Waals surface area contributed by atoms with Gasteiger partial charge in [0, 0.05) is 12.6 Å². The van der Waals surface area contributed by atoms with E-state index in [2.05, 4.69) is 5.32 Å². The number of rotatable bonds is 10. The first kappa shape index (κ1) is 25.2. The van der Waals surface area contributed by atoms with Gasteiger partial charge in [0.15, 0.2) is 17.3 Å². The van der Waals surface area contributed by atoms with Crippen molar-refractivity contribution in [3.63, 3.8) is 0 Å². The summed E-state index contributed by atoms with van der Waals surface area (Å²) in [6.45, 7) is 0.194. The van der Waals surface area contributed by atoms with Crippen LogP contribution in [0.2, 0.25) is 0 Å². The van der Waals surface area contributed by atoms with Crippen molar-refractivity contribution in [2.45, 2.75) is 44.3 Å². The van der Waals surface area contributed by atoms with Crippen molar-refractivity contribution in [1.82, 2.24) is 10.2 Å². The van der Waals surface area contributed by atoms with E-state index in [4.69, 9.17) is 18.6 Å². The van der Waals surface area contributed by atoms with Gasteiger partial charge in [0.1, 0.15) is 6.04 Å². The van der Waals surface area contributed by atoms with Crippen LogP contribution in [0.25, 0.3) is 0 Å². The number of nitrogens with one attached hydrogen (secondary N) is 1. The van der Waals surface area contributed by atoms with Gasteiger partial charge in [-0.05, 0) is 48.2 Å². The van der Waals surface area contributed by atoms with Crippen molar-refractivity contribution >= 4 is 11.8 Å². The average molecular weight is 493 g/mol. The molecule has 1 unspecified atom stereocenters. The van der Waals surface area contributed by atoms with Crippen LogP contribution in [0, 0.1) is 0 Å². The molecule has 0 saturated heterocycles. The summed E-state index contributed by atoms with van der Waals surface area (Å²) in [5.41, 5.74) is 1.42. The number of benzene rings is 2. The molecule has 8 nitrogen and oxygen atoms in total. The van der Waals surface area contributed by atoms with Crippen LogP contribution in [0.4, 0.5) is 0 Å². The van der Waals surface area contributed by atoms with E-state index in [0.717, 1.165) is 31.2 Å². The third-order valence-electron chi connectivity index (χ3n) is 6.45. The predicted molar refractivity (Wildman–Crippen MR) is 134 cm³/mol. The average Bonchev–Trinajstić information content (AvgIpc) is 3.62. The zero-order valence-electron chi connectivity index (χ0n) is 20.9. The Morgan fingerprint density at radius 3 is 2.19 bits per heavy atom. The molecule has 36 heavy (non-hydrogen) atoms. The molecule has 0 radical (unpaired) electrons. The molecule has 0 bridgehead atoms. The Hall–Kier alpha value is -3.94. The van der Waals surface area contributed by atoms with Gasteiger partial charge in [0.2, 0.25) is 11.7 Å². The topological polar surface area (TPSA) is 90.2 Å². The van der Waals surface area contributed by atoms with Gasteiger partial charge < -0.3 is 28.8 Å². The number of hydrogen-bond donors (Lipinski definition) is 1. The highest BCUT2D eigenvalue weighted by atomic mass is 16.5. The van der Waals surface area contributed by atoms with E-state index in [1.807, 2.05) is 30.3 Å². The van der Waals surface area contributed by atoms with Crippen LogP contribution in [-0.4, -0.2) is 44.1 Å². The highest BCUT2D eigenvalue weighted by molar-refractivity contribution is 5.96. The molecule has 2 aromatic carbocycles. The van der Waals surface area contributed by atoms with Gasteiger partial charge in [-0.15, -0.1) is 0 Å². The minimum atomic E-state index is -0.975. The molecule has 1 aliphatic rings. The van der Waals surface area contributed by atoms with Crippen molar-refractivity contribution < 1.29 is 28.2 Å². The van der Waals surface area contributed by atoms with E-state index in [9.17, 15) is 9.59 Å². The van der Waals surface area contributed by atoms with E-state index < -0.39 is 11.9 Å². The predicted octanol–water partition coefficient (Wildman–Crippen LogP) is 4.75. The van der Waals surface area contributed by atoms with Gasteiger partial charge in [0.05, 0.1) is 27.6 Å². The first-order valence-electron chi connectivity index (χ1n) is 12.0. The molecule has 8 heteroatoms. The molecule has 1 fully saturated rings. The van der Waals surface area contributed by atoms with Crippen LogP contribution in [0.3, 0.4) is 0 Å². The van der Waals surface area contributed by atoms with Crippen molar-refractivity contribution in [2.24, 2.45) is 0 Å². The standard InChI is InChI=1S/C28H32N2O6/c1-33-23-16-20(17-24(34-2)26(23)35-3)25(27(31)29-21-12-7-8-13-21)30(18-19-10-5-4-6-11-19)28(32)22-14-9-15-36-22/h4-6,9-11,14-17,21,25H,7-8,12-13,18H2,1-3H3,(H,29,31). The number of methoxy groups -OCH3 is 3. The summed E-state index contributed by atoms with van der Waals surface area (Å²) in [5.74, 6) is 0.685. The molecule has 1 saturated carbocycles. The lowest BCUT2D eigenvalue weighted by Gasteiger charge is -2.32.